The van der Waals surface area contributed by atoms with Gasteiger partial charge in [-0.2, -0.15) is 4.98 Å². The summed E-state index contributed by atoms with van der Waals surface area (Å²) in [6, 6.07) is 4.01. The van der Waals surface area contributed by atoms with Crippen LogP contribution in [0.15, 0.2) is 22.0 Å². The molecule has 0 spiro atoms. The third-order valence-electron chi connectivity index (χ3n) is 3.58. The van der Waals surface area contributed by atoms with Crippen molar-refractivity contribution < 1.29 is 4.52 Å². The van der Waals surface area contributed by atoms with Gasteiger partial charge in [0.1, 0.15) is 0 Å². The highest BCUT2D eigenvalue weighted by atomic mass is 32.1. The molecule has 0 bridgehead atoms. The van der Waals surface area contributed by atoms with Crippen LogP contribution in [0.25, 0.3) is 10.7 Å². The number of piperidine rings is 1. The number of thiophene rings is 1. The SMILES string of the molecule is CN(Cc1nc(-c2cccs2)no1)CC1CCCNC1. The smallest absolute Gasteiger partial charge is 0.241 e. The summed E-state index contributed by atoms with van der Waals surface area (Å²) >= 11 is 1.63. The lowest BCUT2D eigenvalue weighted by molar-refractivity contribution is 0.213. The maximum Gasteiger partial charge on any atom is 0.241 e. The van der Waals surface area contributed by atoms with Gasteiger partial charge in [0.25, 0.3) is 0 Å². The molecular weight excluding hydrogens is 272 g/mol. The second-order valence-corrected chi connectivity index (χ2v) is 6.35. The fourth-order valence-corrected chi connectivity index (χ4v) is 3.29. The Labute approximate surface area is 123 Å². The molecule has 0 aromatic carbocycles. The molecule has 1 N–H and O–H groups in total. The first-order valence-electron chi connectivity index (χ1n) is 7.07. The highest BCUT2D eigenvalue weighted by Crippen LogP contribution is 2.21. The molecule has 1 fully saturated rings. The molecule has 20 heavy (non-hydrogen) atoms. The van der Waals surface area contributed by atoms with Gasteiger partial charge in [-0.15, -0.1) is 11.3 Å². The van der Waals surface area contributed by atoms with E-state index in [9.17, 15) is 0 Å². The van der Waals surface area contributed by atoms with E-state index in [4.69, 9.17) is 4.52 Å². The molecular formula is C14H20N4OS. The molecule has 1 aliphatic heterocycles. The maximum atomic E-state index is 5.34. The molecule has 3 rings (SSSR count). The first-order valence-corrected chi connectivity index (χ1v) is 7.95. The minimum atomic E-state index is 0.694. The first kappa shape index (κ1) is 13.7. The van der Waals surface area contributed by atoms with E-state index in [2.05, 4.69) is 27.4 Å². The summed E-state index contributed by atoms with van der Waals surface area (Å²) in [6.07, 6.45) is 2.59. The predicted molar refractivity (Wildman–Crippen MR) is 79.5 cm³/mol. The van der Waals surface area contributed by atoms with Gasteiger partial charge in [0.05, 0.1) is 11.4 Å². The number of hydrogen-bond acceptors (Lipinski definition) is 6. The van der Waals surface area contributed by atoms with Crippen molar-refractivity contribution in [1.29, 1.82) is 0 Å². The topological polar surface area (TPSA) is 54.2 Å². The lowest BCUT2D eigenvalue weighted by Gasteiger charge is -2.26. The number of hydrogen-bond donors (Lipinski definition) is 1. The van der Waals surface area contributed by atoms with Gasteiger partial charge < -0.3 is 9.84 Å². The third kappa shape index (κ3) is 3.45. The molecule has 0 amide bonds. The number of aromatic nitrogens is 2. The zero-order chi connectivity index (χ0) is 13.8. The fourth-order valence-electron chi connectivity index (χ4n) is 2.64. The molecule has 0 saturated carbocycles. The van der Waals surface area contributed by atoms with Crippen molar-refractivity contribution in [2.24, 2.45) is 5.92 Å². The fraction of sp³-hybridized carbons (Fsp3) is 0.571. The predicted octanol–water partition coefficient (Wildman–Crippen LogP) is 2.23. The van der Waals surface area contributed by atoms with Crippen LogP contribution in [-0.4, -0.2) is 41.7 Å². The quantitative estimate of drug-likeness (QED) is 0.916. The lowest BCUT2D eigenvalue weighted by Crippen LogP contribution is -2.36. The zero-order valence-corrected chi connectivity index (χ0v) is 12.5. The summed E-state index contributed by atoms with van der Waals surface area (Å²) in [5.41, 5.74) is 0. The van der Waals surface area contributed by atoms with E-state index in [1.807, 2.05) is 17.5 Å². The Morgan fingerprint density at radius 2 is 2.50 bits per heavy atom. The van der Waals surface area contributed by atoms with Crippen molar-refractivity contribution >= 4 is 11.3 Å². The zero-order valence-electron chi connectivity index (χ0n) is 11.7. The Morgan fingerprint density at radius 1 is 1.55 bits per heavy atom. The van der Waals surface area contributed by atoms with Crippen LogP contribution in [0.3, 0.4) is 0 Å². The van der Waals surface area contributed by atoms with E-state index < -0.39 is 0 Å². The molecule has 5 nitrogen and oxygen atoms in total. The number of nitrogens with zero attached hydrogens (tertiary/aromatic N) is 3. The summed E-state index contributed by atoms with van der Waals surface area (Å²) in [5.74, 6) is 2.12. The van der Waals surface area contributed by atoms with Gasteiger partial charge in [-0.3, -0.25) is 4.90 Å². The summed E-state index contributed by atoms with van der Waals surface area (Å²) in [7, 11) is 2.11. The van der Waals surface area contributed by atoms with Gasteiger partial charge in [-0.25, -0.2) is 0 Å². The van der Waals surface area contributed by atoms with Crippen molar-refractivity contribution in [2.75, 3.05) is 26.7 Å². The van der Waals surface area contributed by atoms with Crippen LogP contribution >= 0.6 is 11.3 Å². The molecule has 2 aromatic heterocycles. The van der Waals surface area contributed by atoms with Crippen LogP contribution in [0.4, 0.5) is 0 Å². The molecule has 1 saturated heterocycles. The summed E-state index contributed by atoms with van der Waals surface area (Å²) < 4.78 is 5.34. The number of rotatable bonds is 5. The van der Waals surface area contributed by atoms with Crippen molar-refractivity contribution in [2.45, 2.75) is 19.4 Å². The van der Waals surface area contributed by atoms with Gasteiger partial charge in [0.2, 0.25) is 11.7 Å². The van der Waals surface area contributed by atoms with E-state index >= 15 is 0 Å². The van der Waals surface area contributed by atoms with E-state index in [1.165, 1.54) is 12.8 Å². The van der Waals surface area contributed by atoms with Crippen molar-refractivity contribution in [1.82, 2.24) is 20.4 Å². The molecule has 1 atom stereocenters. The Bertz CT molecular complexity index is 519. The van der Waals surface area contributed by atoms with Gasteiger partial charge in [-0.05, 0) is 50.3 Å². The summed E-state index contributed by atoms with van der Waals surface area (Å²) in [6.45, 7) is 4.07. The molecule has 2 aromatic rings. The van der Waals surface area contributed by atoms with E-state index in [-0.39, 0.29) is 0 Å². The molecule has 3 heterocycles. The van der Waals surface area contributed by atoms with Crippen LogP contribution in [0.5, 0.6) is 0 Å². The normalized spacial score (nSPS) is 19.6. The highest BCUT2D eigenvalue weighted by Gasteiger charge is 2.17. The van der Waals surface area contributed by atoms with E-state index in [0.717, 1.165) is 37.0 Å². The second kappa shape index (κ2) is 6.47. The Hall–Kier alpha value is -1.24. The van der Waals surface area contributed by atoms with Gasteiger partial charge in [-0.1, -0.05) is 11.2 Å². The highest BCUT2D eigenvalue weighted by molar-refractivity contribution is 7.13. The van der Waals surface area contributed by atoms with Crippen LogP contribution in [0.1, 0.15) is 18.7 Å². The van der Waals surface area contributed by atoms with E-state index in [0.29, 0.717) is 11.7 Å². The first-order chi connectivity index (χ1) is 9.81. The van der Waals surface area contributed by atoms with Crippen LogP contribution < -0.4 is 5.32 Å². The van der Waals surface area contributed by atoms with Crippen molar-refractivity contribution in [3.8, 4) is 10.7 Å². The van der Waals surface area contributed by atoms with Crippen LogP contribution in [0, 0.1) is 5.92 Å². The molecule has 0 aliphatic carbocycles. The minimum Gasteiger partial charge on any atom is -0.338 e. The van der Waals surface area contributed by atoms with Crippen molar-refractivity contribution in [3.63, 3.8) is 0 Å². The third-order valence-corrected chi connectivity index (χ3v) is 4.45. The Balaban J connectivity index is 1.54. The molecule has 6 heteroatoms. The average molecular weight is 292 g/mol. The van der Waals surface area contributed by atoms with Crippen LogP contribution in [-0.2, 0) is 6.54 Å². The molecule has 1 aliphatic rings. The molecule has 0 radical (unpaired) electrons. The molecule has 108 valence electrons. The summed E-state index contributed by atoms with van der Waals surface area (Å²) in [4.78, 5) is 7.78. The Morgan fingerprint density at radius 3 is 3.25 bits per heavy atom. The van der Waals surface area contributed by atoms with Gasteiger partial charge >= 0.3 is 0 Å². The van der Waals surface area contributed by atoms with Crippen molar-refractivity contribution in [3.05, 3.63) is 23.4 Å². The Kier molecular flexibility index (Phi) is 4.44. The monoisotopic (exact) mass is 292 g/mol. The lowest BCUT2D eigenvalue weighted by atomic mass is 9.99. The standard InChI is InChI=1S/C14H20N4OS/c1-18(9-11-4-2-6-15-8-11)10-13-16-14(17-19-13)12-5-3-7-20-12/h3,5,7,11,15H,2,4,6,8-10H2,1H3. The van der Waals surface area contributed by atoms with Gasteiger partial charge in [0.15, 0.2) is 0 Å². The summed E-state index contributed by atoms with van der Waals surface area (Å²) in [5, 5.41) is 9.52. The second-order valence-electron chi connectivity index (χ2n) is 5.40. The van der Waals surface area contributed by atoms with Crippen LogP contribution in [0.2, 0.25) is 0 Å². The number of nitrogens with one attached hydrogen (secondary N) is 1. The van der Waals surface area contributed by atoms with Gasteiger partial charge in [0, 0.05) is 6.54 Å². The minimum absolute atomic E-state index is 0.694. The molecule has 1 unspecified atom stereocenters. The van der Waals surface area contributed by atoms with E-state index in [1.54, 1.807) is 11.3 Å². The largest absolute Gasteiger partial charge is 0.338 e. The maximum absolute atomic E-state index is 5.34. The average Bonchev–Trinajstić information content (AvgIpc) is 3.10.